The molecule has 0 saturated carbocycles. The number of carbonyl (C=O) groups excluding carboxylic acids is 1. The normalized spacial score (nSPS) is 22.9. The van der Waals surface area contributed by atoms with E-state index in [2.05, 4.69) is 24.3 Å². The van der Waals surface area contributed by atoms with Gasteiger partial charge in [-0.15, -0.1) is 0 Å². The minimum Gasteiger partial charge on any atom is -0.379 e. The number of aliphatic hydroxyl groups is 1. The highest BCUT2D eigenvalue weighted by Gasteiger charge is 2.39. The van der Waals surface area contributed by atoms with Gasteiger partial charge in [0.1, 0.15) is 0 Å². The number of anilines is 1. The van der Waals surface area contributed by atoms with Gasteiger partial charge in [0.05, 0.1) is 0 Å². The van der Waals surface area contributed by atoms with Crippen LogP contribution in [0.5, 0.6) is 0 Å². The SMILES string of the molecule is CC(C)CCn1ccc(NC(=O)C2(O)CCSC2)n1. The molecule has 1 aromatic rings. The standard InChI is InChI=1S/C13H21N3O2S/c1-10(2)3-6-16-7-4-11(15-16)14-12(17)13(18)5-8-19-9-13/h4,7,10,18H,3,5-6,8-9H2,1-2H3,(H,14,15,17). The van der Waals surface area contributed by atoms with Crippen LogP contribution in [0.2, 0.25) is 0 Å². The molecule has 106 valence electrons. The van der Waals surface area contributed by atoms with E-state index in [0.717, 1.165) is 18.7 Å². The van der Waals surface area contributed by atoms with Gasteiger partial charge in [0.15, 0.2) is 11.4 Å². The van der Waals surface area contributed by atoms with Crippen LogP contribution in [-0.4, -0.2) is 37.9 Å². The number of carbonyl (C=O) groups is 1. The van der Waals surface area contributed by atoms with Crippen molar-refractivity contribution in [2.75, 3.05) is 16.8 Å². The number of hydrogen-bond acceptors (Lipinski definition) is 4. The van der Waals surface area contributed by atoms with Gasteiger partial charge in [0, 0.05) is 24.6 Å². The van der Waals surface area contributed by atoms with Gasteiger partial charge in [-0.25, -0.2) is 0 Å². The van der Waals surface area contributed by atoms with Crippen LogP contribution < -0.4 is 5.32 Å². The minimum atomic E-state index is -1.23. The third-order valence-corrected chi connectivity index (χ3v) is 4.42. The van der Waals surface area contributed by atoms with Crippen LogP contribution in [0.15, 0.2) is 12.3 Å². The number of hydrogen-bond donors (Lipinski definition) is 2. The highest BCUT2D eigenvalue weighted by atomic mass is 32.2. The summed E-state index contributed by atoms with van der Waals surface area (Å²) < 4.78 is 1.82. The molecule has 1 fully saturated rings. The Morgan fingerprint density at radius 2 is 2.47 bits per heavy atom. The molecule has 0 bridgehead atoms. The Labute approximate surface area is 117 Å². The van der Waals surface area contributed by atoms with Crippen molar-refractivity contribution in [2.24, 2.45) is 5.92 Å². The molecule has 2 N–H and O–H groups in total. The molecule has 0 radical (unpaired) electrons. The fourth-order valence-corrected chi connectivity index (χ4v) is 3.15. The Balaban J connectivity index is 1.90. The van der Waals surface area contributed by atoms with Crippen molar-refractivity contribution in [3.8, 4) is 0 Å². The maximum atomic E-state index is 12.0. The van der Waals surface area contributed by atoms with Gasteiger partial charge >= 0.3 is 0 Å². The van der Waals surface area contributed by atoms with Crippen LogP contribution in [0.25, 0.3) is 0 Å². The van der Waals surface area contributed by atoms with Gasteiger partial charge in [-0.3, -0.25) is 9.48 Å². The van der Waals surface area contributed by atoms with E-state index in [0.29, 0.717) is 23.9 Å². The van der Waals surface area contributed by atoms with Gasteiger partial charge in [-0.2, -0.15) is 16.9 Å². The summed E-state index contributed by atoms with van der Waals surface area (Å²) >= 11 is 1.60. The van der Waals surface area contributed by atoms with Crippen LogP contribution in [0.3, 0.4) is 0 Å². The molecule has 0 aliphatic carbocycles. The van der Waals surface area contributed by atoms with E-state index in [9.17, 15) is 9.90 Å². The van der Waals surface area contributed by atoms with Crippen molar-refractivity contribution in [2.45, 2.75) is 38.8 Å². The second kappa shape index (κ2) is 5.96. The summed E-state index contributed by atoms with van der Waals surface area (Å²) in [6.07, 6.45) is 3.42. The maximum Gasteiger partial charge on any atom is 0.258 e. The van der Waals surface area contributed by atoms with Gasteiger partial charge in [-0.1, -0.05) is 13.8 Å². The number of aromatic nitrogens is 2. The van der Waals surface area contributed by atoms with Crippen molar-refractivity contribution in [1.82, 2.24) is 9.78 Å². The summed E-state index contributed by atoms with van der Waals surface area (Å²) in [6.45, 7) is 5.17. The predicted octanol–water partition coefficient (Wildman–Crippen LogP) is 1.74. The Bertz CT molecular complexity index is 439. The molecule has 19 heavy (non-hydrogen) atoms. The third-order valence-electron chi connectivity index (χ3n) is 3.24. The van der Waals surface area contributed by atoms with Crippen molar-refractivity contribution in [3.63, 3.8) is 0 Å². The highest BCUT2D eigenvalue weighted by molar-refractivity contribution is 7.99. The number of aryl methyl sites for hydroxylation is 1. The molecule has 5 nitrogen and oxygen atoms in total. The van der Waals surface area contributed by atoms with Crippen LogP contribution in [0.4, 0.5) is 5.82 Å². The van der Waals surface area contributed by atoms with Gasteiger partial charge < -0.3 is 10.4 Å². The molecule has 1 aliphatic heterocycles. The average Bonchev–Trinajstić information content (AvgIpc) is 2.97. The second-order valence-electron chi connectivity index (χ2n) is 5.43. The summed E-state index contributed by atoms with van der Waals surface area (Å²) in [7, 11) is 0. The molecule has 1 aromatic heterocycles. The van der Waals surface area contributed by atoms with Crippen LogP contribution in [-0.2, 0) is 11.3 Å². The Morgan fingerprint density at radius 1 is 1.68 bits per heavy atom. The van der Waals surface area contributed by atoms with E-state index in [1.165, 1.54) is 0 Å². The molecular formula is C13H21N3O2S. The number of thioether (sulfide) groups is 1. The lowest BCUT2D eigenvalue weighted by atomic mass is 10.0. The lowest BCUT2D eigenvalue weighted by Gasteiger charge is -2.19. The van der Waals surface area contributed by atoms with Crippen LogP contribution in [0.1, 0.15) is 26.7 Å². The largest absolute Gasteiger partial charge is 0.379 e. The van der Waals surface area contributed by atoms with Crippen molar-refractivity contribution < 1.29 is 9.90 Å². The molecule has 2 rings (SSSR count). The third kappa shape index (κ3) is 3.73. The number of rotatable bonds is 5. The number of amides is 1. The molecule has 1 saturated heterocycles. The van der Waals surface area contributed by atoms with E-state index in [1.807, 2.05) is 10.9 Å². The zero-order valence-electron chi connectivity index (χ0n) is 11.4. The van der Waals surface area contributed by atoms with E-state index in [1.54, 1.807) is 17.8 Å². The molecule has 1 aliphatic rings. The first-order valence-electron chi connectivity index (χ1n) is 6.65. The van der Waals surface area contributed by atoms with E-state index in [-0.39, 0.29) is 5.91 Å². The first-order chi connectivity index (χ1) is 8.99. The fraction of sp³-hybridized carbons (Fsp3) is 0.692. The summed E-state index contributed by atoms with van der Waals surface area (Å²) in [5.41, 5.74) is -1.23. The summed E-state index contributed by atoms with van der Waals surface area (Å²) in [4.78, 5) is 12.0. The smallest absolute Gasteiger partial charge is 0.258 e. The topological polar surface area (TPSA) is 67.2 Å². The van der Waals surface area contributed by atoms with Gasteiger partial charge in [-0.05, 0) is 24.5 Å². The molecule has 6 heteroatoms. The Kier molecular flexibility index (Phi) is 4.52. The summed E-state index contributed by atoms with van der Waals surface area (Å²) in [5, 5.41) is 17.1. The number of nitrogens with one attached hydrogen (secondary N) is 1. The molecule has 1 unspecified atom stereocenters. The van der Waals surface area contributed by atoms with E-state index >= 15 is 0 Å². The Morgan fingerprint density at radius 3 is 3.11 bits per heavy atom. The summed E-state index contributed by atoms with van der Waals surface area (Å²) in [6, 6.07) is 1.77. The lowest BCUT2D eigenvalue weighted by Crippen LogP contribution is -2.43. The molecule has 0 spiro atoms. The molecule has 0 aromatic carbocycles. The highest BCUT2D eigenvalue weighted by Crippen LogP contribution is 2.28. The van der Waals surface area contributed by atoms with Crippen molar-refractivity contribution in [1.29, 1.82) is 0 Å². The monoisotopic (exact) mass is 283 g/mol. The first-order valence-corrected chi connectivity index (χ1v) is 7.80. The van der Waals surface area contributed by atoms with Crippen LogP contribution >= 0.6 is 11.8 Å². The van der Waals surface area contributed by atoms with E-state index < -0.39 is 5.60 Å². The van der Waals surface area contributed by atoms with Gasteiger partial charge in [0.2, 0.25) is 0 Å². The molecular weight excluding hydrogens is 262 g/mol. The zero-order chi connectivity index (χ0) is 13.9. The first kappa shape index (κ1) is 14.4. The van der Waals surface area contributed by atoms with Crippen molar-refractivity contribution >= 4 is 23.5 Å². The average molecular weight is 283 g/mol. The fourth-order valence-electron chi connectivity index (χ4n) is 1.91. The van der Waals surface area contributed by atoms with Crippen molar-refractivity contribution in [3.05, 3.63) is 12.3 Å². The molecule has 2 heterocycles. The van der Waals surface area contributed by atoms with Crippen LogP contribution in [0, 0.1) is 5.92 Å². The summed E-state index contributed by atoms with van der Waals surface area (Å²) in [5.74, 6) is 2.09. The minimum absolute atomic E-state index is 0.341. The maximum absolute atomic E-state index is 12.0. The molecule has 1 atom stereocenters. The zero-order valence-corrected chi connectivity index (χ0v) is 12.2. The van der Waals surface area contributed by atoms with Gasteiger partial charge in [0.25, 0.3) is 5.91 Å². The predicted molar refractivity (Wildman–Crippen MR) is 77.2 cm³/mol. The Hall–Kier alpha value is -1.01. The van der Waals surface area contributed by atoms with E-state index in [4.69, 9.17) is 0 Å². The quantitative estimate of drug-likeness (QED) is 0.863. The molecule has 1 amide bonds. The lowest BCUT2D eigenvalue weighted by molar-refractivity contribution is -0.131. The second-order valence-corrected chi connectivity index (χ2v) is 6.54. The number of nitrogens with zero attached hydrogens (tertiary/aromatic N) is 2.